The summed E-state index contributed by atoms with van der Waals surface area (Å²) in [6.07, 6.45) is 3.52. The molecule has 1 N–H and O–H groups in total. The van der Waals surface area contributed by atoms with Crippen molar-refractivity contribution < 1.29 is 14.2 Å². The lowest BCUT2D eigenvalue weighted by molar-refractivity contribution is 0.0164. The molecule has 4 nitrogen and oxygen atoms in total. The van der Waals surface area contributed by atoms with Gasteiger partial charge in [0.2, 0.25) is 0 Å². The third-order valence-corrected chi connectivity index (χ3v) is 3.55. The van der Waals surface area contributed by atoms with Crippen LogP contribution in [-0.4, -0.2) is 52.2 Å². The Kier molecular flexibility index (Phi) is 11.3. The lowest BCUT2D eigenvalue weighted by atomic mass is 9.82. The molecule has 0 saturated heterocycles. The van der Waals surface area contributed by atoms with Crippen LogP contribution in [0, 0.1) is 5.41 Å². The van der Waals surface area contributed by atoms with Crippen LogP contribution in [0.5, 0.6) is 0 Å². The Morgan fingerprint density at radius 1 is 0.810 bits per heavy atom. The van der Waals surface area contributed by atoms with Crippen LogP contribution in [0.1, 0.15) is 53.9 Å². The van der Waals surface area contributed by atoms with Crippen molar-refractivity contribution in [3.63, 3.8) is 0 Å². The second-order valence-corrected chi connectivity index (χ2v) is 7.13. The Morgan fingerprint density at radius 3 is 1.90 bits per heavy atom. The minimum Gasteiger partial charge on any atom is -0.382 e. The summed E-state index contributed by atoms with van der Waals surface area (Å²) in [6, 6.07) is 0. The molecule has 128 valence electrons. The summed E-state index contributed by atoms with van der Waals surface area (Å²) in [5.41, 5.74) is 0.476. The quantitative estimate of drug-likeness (QED) is 0.530. The van der Waals surface area contributed by atoms with Crippen LogP contribution >= 0.6 is 0 Å². The Hall–Kier alpha value is -0.160. The zero-order valence-electron chi connectivity index (χ0n) is 15.1. The highest BCUT2D eigenvalue weighted by molar-refractivity contribution is 4.81. The van der Waals surface area contributed by atoms with Gasteiger partial charge in [0, 0.05) is 25.8 Å². The van der Waals surface area contributed by atoms with Gasteiger partial charge in [-0.2, -0.15) is 0 Å². The number of nitrogens with one attached hydrogen (secondary N) is 1. The highest BCUT2D eigenvalue weighted by atomic mass is 16.5. The lowest BCUT2D eigenvalue weighted by Crippen LogP contribution is -2.43. The van der Waals surface area contributed by atoms with E-state index in [1.165, 1.54) is 12.8 Å². The van der Waals surface area contributed by atoms with E-state index in [2.05, 4.69) is 39.9 Å². The van der Waals surface area contributed by atoms with E-state index < -0.39 is 0 Å². The molecule has 0 spiro atoms. The third kappa shape index (κ3) is 13.2. The van der Waals surface area contributed by atoms with E-state index in [0.717, 1.165) is 19.6 Å². The first kappa shape index (κ1) is 20.8. The van der Waals surface area contributed by atoms with Crippen molar-refractivity contribution in [1.29, 1.82) is 0 Å². The van der Waals surface area contributed by atoms with E-state index in [9.17, 15) is 0 Å². The van der Waals surface area contributed by atoms with Gasteiger partial charge in [-0.25, -0.2) is 0 Å². The van der Waals surface area contributed by atoms with Gasteiger partial charge in [0.15, 0.2) is 0 Å². The zero-order valence-corrected chi connectivity index (χ0v) is 15.1. The van der Waals surface area contributed by atoms with Gasteiger partial charge in [-0.15, -0.1) is 0 Å². The van der Waals surface area contributed by atoms with E-state index in [1.807, 2.05) is 0 Å². The summed E-state index contributed by atoms with van der Waals surface area (Å²) >= 11 is 0. The first-order valence-electron chi connectivity index (χ1n) is 8.22. The predicted octanol–water partition coefficient (Wildman–Crippen LogP) is 3.25. The largest absolute Gasteiger partial charge is 0.382 e. The molecule has 0 bridgehead atoms. The molecule has 0 fully saturated rings. The number of methoxy groups -OCH3 is 1. The molecule has 21 heavy (non-hydrogen) atoms. The van der Waals surface area contributed by atoms with Gasteiger partial charge in [0.1, 0.15) is 0 Å². The van der Waals surface area contributed by atoms with Gasteiger partial charge >= 0.3 is 0 Å². The summed E-state index contributed by atoms with van der Waals surface area (Å²) in [5.74, 6) is 0. The molecule has 0 aliphatic carbocycles. The van der Waals surface area contributed by atoms with Crippen LogP contribution in [0.2, 0.25) is 0 Å². The van der Waals surface area contributed by atoms with E-state index in [-0.39, 0.29) is 5.54 Å². The van der Waals surface area contributed by atoms with E-state index in [4.69, 9.17) is 14.2 Å². The first-order valence-corrected chi connectivity index (χ1v) is 8.22. The topological polar surface area (TPSA) is 39.7 Å². The van der Waals surface area contributed by atoms with Crippen LogP contribution < -0.4 is 5.32 Å². The van der Waals surface area contributed by atoms with Crippen molar-refractivity contribution in [3.8, 4) is 0 Å². The second kappa shape index (κ2) is 11.4. The Balaban J connectivity index is 3.82. The van der Waals surface area contributed by atoms with Gasteiger partial charge in [0.05, 0.1) is 26.4 Å². The summed E-state index contributed by atoms with van der Waals surface area (Å²) in [4.78, 5) is 0. The molecule has 0 saturated carbocycles. The zero-order chi connectivity index (χ0) is 16.2. The van der Waals surface area contributed by atoms with Crippen molar-refractivity contribution in [2.24, 2.45) is 5.41 Å². The molecule has 0 aromatic carbocycles. The fourth-order valence-electron chi connectivity index (χ4n) is 2.17. The Labute approximate surface area is 131 Å². The van der Waals surface area contributed by atoms with Gasteiger partial charge in [-0.05, 0) is 39.0 Å². The molecule has 0 aromatic rings. The van der Waals surface area contributed by atoms with Crippen LogP contribution in [0.15, 0.2) is 0 Å². The first-order chi connectivity index (χ1) is 9.83. The normalized spacial score (nSPS) is 15.1. The van der Waals surface area contributed by atoms with Gasteiger partial charge in [-0.1, -0.05) is 20.3 Å². The molecule has 4 heteroatoms. The standard InChI is InChI=1S/C17H37NO3/c1-7-8-17(5,15-18-16(2,3)4)9-10-20-13-14-21-12-11-19-6/h18H,7-15H2,1-6H3. The molecular formula is C17H37NO3. The molecule has 0 amide bonds. The van der Waals surface area contributed by atoms with Crippen LogP contribution in [0.4, 0.5) is 0 Å². The van der Waals surface area contributed by atoms with E-state index in [1.54, 1.807) is 7.11 Å². The van der Waals surface area contributed by atoms with Crippen LogP contribution in [0.3, 0.4) is 0 Å². The second-order valence-electron chi connectivity index (χ2n) is 7.13. The number of rotatable bonds is 13. The Bertz CT molecular complexity index is 241. The molecule has 0 aliphatic heterocycles. The SMILES string of the molecule is CCCC(C)(CCOCCOCCOC)CNC(C)(C)C. The summed E-state index contributed by atoms with van der Waals surface area (Å²) in [5, 5.41) is 3.63. The highest BCUT2D eigenvalue weighted by Gasteiger charge is 2.25. The van der Waals surface area contributed by atoms with Crippen molar-refractivity contribution in [2.45, 2.75) is 59.4 Å². The van der Waals surface area contributed by atoms with Crippen molar-refractivity contribution >= 4 is 0 Å². The fourth-order valence-corrected chi connectivity index (χ4v) is 2.17. The van der Waals surface area contributed by atoms with Crippen molar-refractivity contribution in [1.82, 2.24) is 5.32 Å². The maximum absolute atomic E-state index is 5.69. The minimum atomic E-state index is 0.172. The average Bonchev–Trinajstić information content (AvgIpc) is 2.39. The molecule has 1 unspecified atom stereocenters. The van der Waals surface area contributed by atoms with Gasteiger partial charge in [0.25, 0.3) is 0 Å². The maximum atomic E-state index is 5.69. The minimum absolute atomic E-state index is 0.172. The van der Waals surface area contributed by atoms with E-state index in [0.29, 0.717) is 31.8 Å². The maximum Gasteiger partial charge on any atom is 0.0701 e. The van der Waals surface area contributed by atoms with E-state index >= 15 is 0 Å². The van der Waals surface area contributed by atoms with Crippen molar-refractivity contribution in [3.05, 3.63) is 0 Å². The molecule has 0 aromatic heterocycles. The molecule has 1 atom stereocenters. The highest BCUT2D eigenvalue weighted by Crippen LogP contribution is 2.27. The molecule has 0 radical (unpaired) electrons. The lowest BCUT2D eigenvalue weighted by Gasteiger charge is -2.33. The molecule has 0 rings (SSSR count). The molecular weight excluding hydrogens is 266 g/mol. The summed E-state index contributed by atoms with van der Waals surface area (Å²) in [6.45, 7) is 15.7. The summed E-state index contributed by atoms with van der Waals surface area (Å²) < 4.78 is 16.0. The fraction of sp³-hybridized carbons (Fsp3) is 1.00. The van der Waals surface area contributed by atoms with Crippen LogP contribution in [-0.2, 0) is 14.2 Å². The van der Waals surface area contributed by atoms with Gasteiger partial charge < -0.3 is 19.5 Å². The van der Waals surface area contributed by atoms with Crippen LogP contribution in [0.25, 0.3) is 0 Å². The predicted molar refractivity (Wildman–Crippen MR) is 88.9 cm³/mol. The number of ether oxygens (including phenoxy) is 3. The monoisotopic (exact) mass is 303 g/mol. The number of hydrogen-bond acceptors (Lipinski definition) is 4. The Morgan fingerprint density at radius 2 is 1.38 bits per heavy atom. The summed E-state index contributed by atoms with van der Waals surface area (Å²) in [7, 11) is 1.68. The number of hydrogen-bond donors (Lipinski definition) is 1. The average molecular weight is 303 g/mol. The van der Waals surface area contributed by atoms with Crippen molar-refractivity contribution in [2.75, 3.05) is 46.7 Å². The molecule has 0 aliphatic rings. The smallest absolute Gasteiger partial charge is 0.0701 e. The van der Waals surface area contributed by atoms with Gasteiger partial charge in [-0.3, -0.25) is 0 Å². The third-order valence-electron chi connectivity index (χ3n) is 3.55. The molecule has 0 heterocycles.